The van der Waals surface area contributed by atoms with E-state index in [4.69, 9.17) is 4.42 Å². The Morgan fingerprint density at radius 1 is 1.13 bits per heavy atom. The summed E-state index contributed by atoms with van der Waals surface area (Å²) in [7, 11) is 0. The Hall–Kier alpha value is -3.07. The van der Waals surface area contributed by atoms with Gasteiger partial charge in [-0.05, 0) is 37.6 Å². The van der Waals surface area contributed by atoms with Crippen molar-refractivity contribution in [3.63, 3.8) is 0 Å². The molecule has 0 spiro atoms. The maximum absolute atomic E-state index is 13.0. The molecule has 2 aromatic heterocycles. The fourth-order valence-electron chi connectivity index (χ4n) is 3.79. The minimum Gasteiger partial charge on any atom is -0.419 e. The Balaban J connectivity index is 1.25. The summed E-state index contributed by atoms with van der Waals surface area (Å²) in [5, 5.41) is 12.6. The van der Waals surface area contributed by atoms with Crippen molar-refractivity contribution in [2.45, 2.75) is 39.8 Å². The lowest BCUT2D eigenvalue weighted by Gasteiger charge is -2.34. The lowest BCUT2D eigenvalue weighted by molar-refractivity contribution is -0.133. The smallest absolute Gasteiger partial charge is 0.265 e. The van der Waals surface area contributed by atoms with Gasteiger partial charge in [-0.2, -0.15) is 5.10 Å². The van der Waals surface area contributed by atoms with Gasteiger partial charge in [-0.15, -0.1) is 10.2 Å². The molecule has 0 N–H and O–H groups in total. The number of aromatic nitrogens is 4. The summed E-state index contributed by atoms with van der Waals surface area (Å²) in [4.78, 5) is 16.8. The topological polar surface area (TPSA) is 80.3 Å². The predicted octanol–water partition coefficient (Wildman–Crippen LogP) is 2.68. The highest BCUT2D eigenvalue weighted by molar-refractivity contribution is 5.76. The number of aryl methyl sites for hydroxylation is 3. The first-order chi connectivity index (χ1) is 15.0. The second-order valence-corrected chi connectivity index (χ2v) is 7.77. The zero-order valence-corrected chi connectivity index (χ0v) is 17.9. The Kier molecular flexibility index (Phi) is 6.41. The van der Waals surface area contributed by atoms with Gasteiger partial charge in [0, 0.05) is 52.1 Å². The molecule has 1 aliphatic rings. The number of nitrogens with zero attached hydrogens (tertiary/aromatic N) is 6. The predicted molar refractivity (Wildman–Crippen MR) is 113 cm³/mol. The van der Waals surface area contributed by atoms with Crippen LogP contribution in [0.3, 0.4) is 0 Å². The van der Waals surface area contributed by atoms with E-state index in [2.05, 4.69) is 20.2 Å². The summed E-state index contributed by atoms with van der Waals surface area (Å²) in [5.74, 6) is 0.758. The van der Waals surface area contributed by atoms with E-state index in [1.165, 1.54) is 12.1 Å². The van der Waals surface area contributed by atoms with E-state index in [1.54, 1.807) is 12.1 Å². The number of halogens is 1. The van der Waals surface area contributed by atoms with Crippen LogP contribution in [0.15, 0.2) is 34.7 Å². The molecule has 1 saturated heterocycles. The van der Waals surface area contributed by atoms with Crippen LogP contribution in [0.1, 0.15) is 30.5 Å². The first kappa shape index (κ1) is 21.2. The van der Waals surface area contributed by atoms with Crippen LogP contribution in [0, 0.1) is 12.7 Å². The average molecular weight is 426 g/mol. The summed E-state index contributed by atoms with van der Waals surface area (Å²) in [6, 6.07) is 8.49. The van der Waals surface area contributed by atoms with Crippen LogP contribution in [0.4, 0.5) is 4.39 Å². The molecule has 0 aliphatic carbocycles. The van der Waals surface area contributed by atoms with Gasteiger partial charge in [0.25, 0.3) is 5.89 Å². The molecule has 3 heterocycles. The fourth-order valence-corrected chi connectivity index (χ4v) is 3.79. The van der Waals surface area contributed by atoms with Gasteiger partial charge in [0.15, 0.2) is 0 Å². The van der Waals surface area contributed by atoms with Gasteiger partial charge in [-0.3, -0.25) is 14.4 Å². The van der Waals surface area contributed by atoms with E-state index in [-0.39, 0.29) is 11.7 Å². The fraction of sp³-hybridized carbons (Fsp3) is 0.455. The molecule has 164 valence electrons. The number of piperazine rings is 1. The lowest BCUT2D eigenvalue weighted by Crippen LogP contribution is -2.48. The third-order valence-corrected chi connectivity index (χ3v) is 5.48. The highest BCUT2D eigenvalue weighted by Gasteiger charge is 2.22. The van der Waals surface area contributed by atoms with Crippen LogP contribution < -0.4 is 0 Å². The van der Waals surface area contributed by atoms with Gasteiger partial charge < -0.3 is 9.32 Å². The van der Waals surface area contributed by atoms with Crippen LogP contribution >= 0.6 is 0 Å². The summed E-state index contributed by atoms with van der Waals surface area (Å²) in [5.41, 5.74) is 2.76. The number of carbonyl (C=O) groups is 1. The van der Waals surface area contributed by atoms with Gasteiger partial charge in [0.1, 0.15) is 11.5 Å². The Morgan fingerprint density at radius 3 is 2.58 bits per heavy atom. The van der Waals surface area contributed by atoms with E-state index < -0.39 is 0 Å². The van der Waals surface area contributed by atoms with Gasteiger partial charge in [0.05, 0.1) is 5.69 Å². The molecule has 0 radical (unpaired) electrons. The Bertz CT molecular complexity index is 1020. The van der Waals surface area contributed by atoms with Crippen LogP contribution in [-0.4, -0.2) is 61.9 Å². The van der Waals surface area contributed by atoms with Crippen molar-refractivity contribution in [1.29, 1.82) is 0 Å². The molecule has 1 fully saturated rings. The standard InChI is InChI=1S/C22H27FN6O2/c1-3-29-19(14-16(2)26-29)22-25-24-20(31-22)8-9-21(30)28-12-10-27(11-13-28)15-17-4-6-18(23)7-5-17/h4-7,14H,3,8-13,15H2,1-2H3. The number of amides is 1. The normalized spacial score (nSPS) is 14.9. The van der Waals surface area contributed by atoms with Gasteiger partial charge in [-0.25, -0.2) is 4.39 Å². The van der Waals surface area contributed by atoms with Crippen molar-refractivity contribution in [2.24, 2.45) is 0 Å². The third kappa shape index (κ3) is 5.16. The summed E-state index contributed by atoms with van der Waals surface area (Å²) >= 11 is 0. The maximum Gasteiger partial charge on any atom is 0.265 e. The van der Waals surface area contributed by atoms with Crippen LogP contribution in [0.25, 0.3) is 11.6 Å². The van der Waals surface area contributed by atoms with E-state index >= 15 is 0 Å². The van der Waals surface area contributed by atoms with Crippen molar-refractivity contribution in [3.05, 3.63) is 53.3 Å². The molecular weight excluding hydrogens is 399 g/mol. The van der Waals surface area contributed by atoms with Crippen LogP contribution in [0.2, 0.25) is 0 Å². The van der Waals surface area contributed by atoms with E-state index in [0.29, 0.717) is 44.3 Å². The van der Waals surface area contributed by atoms with Crippen molar-refractivity contribution in [1.82, 2.24) is 29.8 Å². The summed E-state index contributed by atoms with van der Waals surface area (Å²) in [6.07, 6.45) is 0.756. The quantitative estimate of drug-likeness (QED) is 0.578. The zero-order chi connectivity index (χ0) is 21.8. The molecule has 0 bridgehead atoms. The van der Waals surface area contributed by atoms with Crippen molar-refractivity contribution >= 4 is 5.91 Å². The second-order valence-electron chi connectivity index (χ2n) is 7.77. The molecule has 0 unspecified atom stereocenters. The molecule has 9 heteroatoms. The summed E-state index contributed by atoms with van der Waals surface area (Å²) < 4.78 is 20.6. The highest BCUT2D eigenvalue weighted by Crippen LogP contribution is 2.20. The second kappa shape index (κ2) is 9.38. The minimum absolute atomic E-state index is 0.0932. The molecule has 31 heavy (non-hydrogen) atoms. The Labute approximate surface area is 180 Å². The van der Waals surface area contributed by atoms with Gasteiger partial charge >= 0.3 is 0 Å². The van der Waals surface area contributed by atoms with E-state index in [1.807, 2.05) is 29.5 Å². The van der Waals surface area contributed by atoms with Crippen LogP contribution in [-0.2, 0) is 24.3 Å². The molecule has 1 amide bonds. The molecule has 1 aromatic carbocycles. The number of carbonyl (C=O) groups excluding carboxylic acids is 1. The summed E-state index contributed by atoms with van der Waals surface area (Å²) in [6.45, 7) is 8.38. The lowest BCUT2D eigenvalue weighted by atomic mass is 10.2. The van der Waals surface area contributed by atoms with Gasteiger partial charge in [0.2, 0.25) is 11.8 Å². The molecule has 0 saturated carbocycles. The first-order valence-corrected chi connectivity index (χ1v) is 10.6. The monoisotopic (exact) mass is 426 g/mol. The number of hydrogen-bond donors (Lipinski definition) is 0. The number of rotatable bonds is 7. The minimum atomic E-state index is -0.223. The molecule has 8 nitrogen and oxygen atoms in total. The average Bonchev–Trinajstić information content (AvgIpc) is 3.40. The highest BCUT2D eigenvalue weighted by atomic mass is 19.1. The zero-order valence-electron chi connectivity index (χ0n) is 17.9. The molecule has 1 aliphatic heterocycles. The number of hydrogen-bond acceptors (Lipinski definition) is 6. The largest absolute Gasteiger partial charge is 0.419 e. The first-order valence-electron chi connectivity index (χ1n) is 10.6. The maximum atomic E-state index is 13.0. The number of benzene rings is 1. The van der Waals surface area contributed by atoms with Crippen LogP contribution in [0.5, 0.6) is 0 Å². The molecular formula is C22H27FN6O2. The molecule has 3 aromatic rings. The third-order valence-electron chi connectivity index (χ3n) is 5.48. The van der Waals surface area contributed by atoms with Crippen molar-refractivity contribution in [2.75, 3.05) is 26.2 Å². The molecule has 0 atom stereocenters. The van der Waals surface area contributed by atoms with Crippen molar-refractivity contribution in [3.8, 4) is 11.6 Å². The van der Waals surface area contributed by atoms with E-state index in [0.717, 1.165) is 36.6 Å². The Morgan fingerprint density at radius 2 is 1.87 bits per heavy atom. The van der Waals surface area contributed by atoms with E-state index in [9.17, 15) is 9.18 Å². The van der Waals surface area contributed by atoms with Gasteiger partial charge in [-0.1, -0.05) is 12.1 Å². The molecule has 4 rings (SSSR count). The SMILES string of the molecule is CCn1nc(C)cc1-c1nnc(CCC(=O)N2CCN(Cc3ccc(F)cc3)CC2)o1. The van der Waals surface area contributed by atoms with Crippen molar-refractivity contribution < 1.29 is 13.6 Å².